The average molecular weight is 386 g/mol. The van der Waals surface area contributed by atoms with Crippen LogP contribution in [0.2, 0.25) is 0 Å². The van der Waals surface area contributed by atoms with Gasteiger partial charge in [-0.2, -0.15) is 8.78 Å². The van der Waals surface area contributed by atoms with E-state index in [9.17, 15) is 22.4 Å². The molecule has 1 aromatic carbocycles. The second-order valence-corrected chi connectivity index (χ2v) is 7.10. The van der Waals surface area contributed by atoms with E-state index < -0.39 is 23.7 Å². The summed E-state index contributed by atoms with van der Waals surface area (Å²) in [6, 6.07) is 2.80. The fourth-order valence-electron chi connectivity index (χ4n) is 3.53. The van der Waals surface area contributed by atoms with Gasteiger partial charge in [0.1, 0.15) is 17.7 Å². The lowest BCUT2D eigenvalue weighted by atomic mass is 9.83. The molecule has 2 rings (SSSR count). The molecule has 150 valence electrons. The van der Waals surface area contributed by atoms with Gasteiger partial charge in [0.2, 0.25) is 0 Å². The highest BCUT2D eigenvalue weighted by molar-refractivity contribution is 5.69. The van der Waals surface area contributed by atoms with E-state index in [1.165, 1.54) is 12.1 Å². The molecule has 0 radical (unpaired) electrons. The lowest BCUT2D eigenvalue weighted by Gasteiger charge is -2.28. The van der Waals surface area contributed by atoms with Gasteiger partial charge in [-0.1, -0.05) is 6.92 Å². The standard InChI is InChI=1S/C21H26F4O2/c1-2-14-12-18(22)17(19(23)13-14)11-8-15-6-9-16(10-7-15)27-21(26)5-3-4-20(24)25/h4,12-13,15-16H,2-3,5-11H2,1H3. The van der Waals surface area contributed by atoms with Crippen LogP contribution in [0.15, 0.2) is 24.3 Å². The Morgan fingerprint density at radius 2 is 1.78 bits per heavy atom. The number of benzene rings is 1. The zero-order chi connectivity index (χ0) is 19.8. The summed E-state index contributed by atoms with van der Waals surface area (Å²) < 4.78 is 57.3. The highest BCUT2D eigenvalue weighted by Gasteiger charge is 2.24. The smallest absolute Gasteiger partial charge is 0.306 e. The van der Waals surface area contributed by atoms with E-state index in [0.29, 0.717) is 49.7 Å². The van der Waals surface area contributed by atoms with Crippen LogP contribution in [0.1, 0.15) is 63.0 Å². The van der Waals surface area contributed by atoms with Crippen LogP contribution in [0.4, 0.5) is 17.6 Å². The van der Waals surface area contributed by atoms with E-state index >= 15 is 0 Å². The molecule has 1 aliphatic carbocycles. The maximum Gasteiger partial charge on any atom is 0.306 e. The van der Waals surface area contributed by atoms with E-state index in [1.807, 2.05) is 6.92 Å². The first-order chi connectivity index (χ1) is 12.9. The molecule has 0 spiro atoms. The summed E-state index contributed by atoms with van der Waals surface area (Å²) in [7, 11) is 0. The summed E-state index contributed by atoms with van der Waals surface area (Å²) in [6.45, 7) is 1.86. The first-order valence-electron chi connectivity index (χ1n) is 9.56. The third-order valence-corrected chi connectivity index (χ3v) is 5.15. The van der Waals surface area contributed by atoms with Crippen molar-refractivity contribution >= 4 is 5.97 Å². The number of carbonyl (C=O) groups excluding carboxylic acids is 1. The fraction of sp³-hybridized carbons (Fsp3) is 0.571. The van der Waals surface area contributed by atoms with Crippen molar-refractivity contribution in [1.82, 2.24) is 0 Å². The molecule has 1 aromatic rings. The van der Waals surface area contributed by atoms with Crippen molar-refractivity contribution in [1.29, 1.82) is 0 Å². The highest BCUT2D eigenvalue weighted by atomic mass is 19.3. The van der Waals surface area contributed by atoms with E-state index in [-0.39, 0.29) is 24.5 Å². The summed E-state index contributed by atoms with van der Waals surface area (Å²) in [5.41, 5.74) is 0.801. The molecular weight excluding hydrogens is 360 g/mol. The van der Waals surface area contributed by atoms with Crippen LogP contribution < -0.4 is 0 Å². The lowest BCUT2D eigenvalue weighted by molar-refractivity contribution is -0.150. The quantitative estimate of drug-likeness (QED) is 0.397. The van der Waals surface area contributed by atoms with Gasteiger partial charge in [0.15, 0.2) is 0 Å². The molecule has 0 heterocycles. The van der Waals surface area contributed by atoms with Crippen molar-refractivity contribution in [3.63, 3.8) is 0 Å². The minimum atomic E-state index is -1.79. The predicted molar refractivity (Wildman–Crippen MR) is 95.4 cm³/mol. The van der Waals surface area contributed by atoms with Gasteiger partial charge in [-0.3, -0.25) is 4.79 Å². The van der Waals surface area contributed by atoms with Crippen LogP contribution in [0.3, 0.4) is 0 Å². The van der Waals surface area contributed by atoms with Gasteiger partial charge in [0, 0.05) is 12.0 Å². The minimum absolute atomic E-state index is 0.0234. The largest absolute Gasteiger partial charge is 0.462 e. The summed E-state index contributed by atoms with van der Waals surface area (Å²) in [5, 5.41) is 0. The zero-order valence-electron chi connectivity index (χ0n) is 15.6. The fourth-order valence-corrected chi connectivity index (χ4v) is 3.53. The molecular formula is C21H26F4O2. The van der Waals surface area contributed by atoms with Gasteiger partial charge in [-0.15, -0.1) is 0 Å². The normalized spacial score (nSPS) is 19.6. The molecule has 27 heavy (non-hydrogen) atoms. The second kappa shape index (κ2) is 10.5. The minimum Gasteiger partial charge on any atom is -0.462 e. The Bertz CT molecular complexity index is 637. The van der Waals surface area contributed by atoms with E-state index in [1.54, 1.807) is 0 Å². The Balaban J connectivity index is 1.73. The van der Waals surface area contributed by atoms with E-state index in [0.717, 1.165) is 12.8 Å². The van der Waals surface area contributed by atoms with Gasteiger partial charge in [0.25, 0.3) is 6.08 Å². The number of rotatable bonds is 8. The van der Waals surface area contributed by atoms with Crippen LogP contribution in [0, 0.1) is 17.6 Å². The molecule has 1 aliphatic rings. The Morgan fingerprint density at radius 1 is 1.15 bits per heavy atom. The van der Waals surface area contributed by atoms with Crippen LogP contribution in [-0.2, 0) is 22.4 Å². The molecule has 6 heteroatoms. The Morgan fingerprint density at radius 3 is 2.33 bits per heavy atom. The Labute approximate surface area is 157 Å². The SMILES string of the molecule is CCc1cc(F)c(CCC2CCC(OC(=O)CCC=C(F)F)CC2)c(F)c1. The maximum atomic E-state index is 14.1. The number of ether oxygens (including phenoxy) is 1. The molecule has 0 atom stereocenters. The van der Waals surface area contributed by atoms with Gasteiger partial charge in [0.05, 0.1) is 0 Å². The monoisotopic (exact) mass is 386 g/mol. The Hall–Kier alpha value is -1.85. The molecule has 0 bridgehead atoms. The van der Waals surface area contributed by atoms with Crippen molar-refractivity contribution in [3.05, 3.63) is 47.1 Å². The number of hydrogen-bond donors (Lipinski definition) is 0. The molecule has 0 saturated heterocycles. The van der Waals surface area contributed by atoms with Crippen LogP contribution in [0.5, 0.6) is 0 Å². The van der Waals surface area contributed by atoms with Gasteiger partial charge in [-0.25, -0.2) is 8.78 Å². The number of halogens is 4. The van der Waals surface area contributed by atoms with Crippen LogP contribution in [-0.4, -0.2) is 12.1 Å². The third-order valence-electron chi connectivity index (χ3n) is 5.15. The summed E-state index contributed by atoms with van der Waals surface area (Å²) >= 11 is 0. The summed E-state index contributed by atoms with van der Waals surface area (Å²) in [4.78, 5) is 11.6. The molecule has 0 unspecified atom stereocenters. The summed E-state index contributed by atoms with van der Waals surface area (Å²) in [6.07, 6.45) is 3.35. The number of esters is 1. The Kier molecular flexibility index (Phi) is 8.32. The molecule has 0 amide bonds. The van der Waals surface area contributed by atoms with Crippen molar-refractivity contribution in [3.8, 4) is 0 Å². The van der Waals surface area contributed by atoms with Gasteiger partial charge >= 0.3 is 5.97 Å². The van der Waals surface area contributed by atoms with Crippen molar-refractivity contribution in [2.45, 2.75) is 70.8 Å². The predicted octanol–water partition coefficient (Wildman–Crippen LogP) is 6.12. The van der Waals surface area contributed by atoms with Gasteiger partial charge in [-0.05, 0) is 81.1 Å². The number of hydrogen-bond acceptors (Lipinski definition) is 2. The number of carbonyl (C=O) groups is 1. The number of allylic oxidation sites excluding steroid dienone is 1. The first kappa shape index (κ1) is 21.5. The number of aryl methyl sites for hydroxylation is 1. The molecule has 2 nitrogen and oxygen atoms in total. The molecule has 1 saturated carbocycles. The molecule has 1 fully saturated rings. The van der Waals surface area contributed by atoms with E-state index in [2.05, 4.69) is 0 Å². The second-order valence-electron chi connectivity index (χ2n) is 7.10. The average Bonchev–Trinajstić information content (AvgIpc) is 2.61. The van der Waals surface area contributed by atoms with E-state index in [4.69, 9.17) is 4.74 Å². The lowest BCUT2D eigenvalue weighted by Crippen LogP contribution is -2.24. The first-order valence-corrected chi connectivity index (χ1v) is 9.56. The molecule has 0 N–H and O–H groups in total. The topological polar surface area (TPSA) is 26.3 Å². The van der Waals surface area contributed by atoms with Gasteiger partial charge < -0.3 is 4.74 Å². The zero-order valence-corrected chi connectivity index (χ0v) is 15.6. The maximum absolute atomic E-state index is 14.1. The van der Waals surface area contributed by atoms with Crippen LogP contribution in [0.25, 0.3) is 0 Å². The highest BCUT2D eigenvalue weighted by Crippen LogP contribution is 2.30. The third kappa shape index (κ3) is 7.00. The van der Waals surface area contributed by atoms with Crippen molar-refractivity contribution < 1.29 is 27.1 Å². The van der Waals surface area contributed by atoms with Crippen molar-refractivity contribution in [2.75, 3.05) is 0 Å². The summed E-state index contributed by atoms with van der Waals surface area (Å²) in [5.74, 6) is -1.08. The molecule has 0 aromatic heterocycles. The van der Waals surface area contributed by atoms with Crippen molar-refractivity contribution in [2.24, 2.45) is 5.92 Å². The van der Waals surface area contributed by atoms with Crippen LogP contribution >= 0.6 is 0 Å². The molecule has 0 aliphatic heterocycles.